The monoisotopic (exact) mass is 456 g/mol. The van der Waals surface area contributed by atoms with Gasteiger partial charge in [0, 0.05) is 22.6 Å². The molecule has 2 aromatic carbocycles. The lowest BCUT2D eigenvalue weighted by Crippen LogP contribution is -2.54. The van der Waals surface area contributed by atoms with Crippen molar-refractivity contribution in [1.29, 1.82) is 0 Å². The Hall–Kier alpha value is -1.38. The highest BCUT2D eigenvalue weighted by atomic mass is 35.5. The summed E-state index contributed by atoms with van der Waals surface area (Å²) in [6, 6.07) is 10.0. The van der Waals surface area contributed by atoms with Crippen LogP contribution >= 0.6 is 34.5 Å². The largest absolute Gasteiger partial charge is 0.307 e. The van der Waals surface area contributed by atoms with Crippen LogP contribution in [0.25, 0.3) is 10.2 Å². The molecular weight excluding hydrogens is 439 g/mol. The maximum Gasteiger partial charge on any atom is 0.307 e. The number of sulfonamides is 1. The maximum atomic E-state index is 13.1. The van der Waals surface area contributed by atoms with Gasteiger partial charge in [0.05, 0.1) is 15.1 Å². The van der Waals surface area contributed by atoms with Crippen molar-refractivity contribution in [2.45, 2.75) is 36.1 Å². The van der Waals surface area contributed by atoms with Crippen LogP contribution in [0.5, 0.6) is 0 Å². The summed E-state index contributed by atoms with van der Waals surface area (Å²) in [5.41, 5.74) is 1.03. The summed E-state index contributed by atoms with van der Waals surface area (Å²) in [4.78, 5) is 11.9. The lowest BCUT2D eigenvalue weighted by Gasteiger charge is -2.42. The summed E-state index contributed by atoms with van der Waals surface area (Å²) in [5.74, 6) is 0. The summed E-state index contributed by atoms with van der Waals surface area (Å²) in [6.45, 7) is 0. The number of nitrogens with one attached hydrogen (secondary N) is 1. The average Bonchev–Trinajstić information content (AvgIpc) is 2.89. The second kappa shape index (κ2) is 7.15. The van der Waals surface area contributed by atoms with Gasteiger partial charge in [-0.3, -0.25) is 4.79 Å². The van der Waals surface area contributed by atoms with Crippen molar-refractivity contribution in [2.24, 2.45) is 7.05 Å². The van der Waals surface area contributed by atoms with E-state index in [1.54, 1.807) is 37.4 Å². The molecule has 1 aliphatic carbocycles. The number of thiazole rings is 1. The molecule has 0 radical (unpaired) electrons. The molecule has 0 saturated heterocycles. The first-order chi connectivity index (χ1) is 13.2. The smallest absolute Gasteiger partial charge is 0.302 e. The van der Waals surface area contributed by atoms with E-state index < -0.39 is 15.6 Å². The number of fused-ring (bicyclic) bond motifs is 1. The molecule has 1 fully saturated rings. The van der Waals surface area contributed by atoms with E-state index in [-0.39, 0.29) is 9.77 Å². The van der Waals surface area contributed by atoms with Crippen LogP contribution in [0.1, 0.15) is 24.8 Å². The summed E-state index contributed by atoms with van der Waals surface area (Å²) in [6.07, 6.45) is 2.94. The SMILES string of the molecule is Cn1c(=O)sc2cc(S(=O)(=O)NC3(Cc4ccc(Cl)cc4Cl)CCC3)ccc21. The van der Waals surface area contributed by atoms with Crippen LogP contribution in [0, 0.1) is 0 Å². The zero-order chi connectivity index (χ0) is 20.1. The predicted octanol–water partition coefficient (Wildman–Crippen LogP) is 4.35. The number of halogens is 2. The summed E-state index contributed by atoms with van der Waals surface area (Å²) in [5, 5.41) is 1.08. The third-order valence-corrected chi connectivity index (χ3v) is 8.44. The van der Waals surface area contributed by atoms with Crippen LogP contribution in [-0.2, 0) is 23.5 Å². The molecule has 1 aliphatic rings. The summed E-state index contributed by atoms with van der Waals surface area (Å²) >= 11 is 13.3. The van der Waals surface area contributed by atoms with Gasteiger partial charge in [-0.2, -0.15) is 0 Å². The minimum atomic E-state index is -3.74. The second-order valence-electron chi connectivity index (χ2n) is 7.21. The van der Waals surface area contributed by atoms with Crippen LogP contribution in [-0.4, -0.2) is 18.5 Å². The summed E-state index contributed by atoms with van der Waals surface area (Å²) in [7, 11) is -2.07. The fraction of sp³-hybridized carbons (Fsp3) is 0.316. The normalized spacial score (nSPS) is 16.2. The molecule has 148 valence electrons. The molecule has 1 heterocycles. The van der Waals surface area contributed by atoms with E-state index in [1.165, 1.54) is 4.57 Å². The molecule has 0 spiro atoms. The van der Waals surface area contributed by atoms with Crippen molar-refractivity contribution < 1.29 is 8.42 Å². The van der Waals surface area contributed by atoms with Gasteiger partial charge < -0.3 is 4.57 Å². The molecule has 9 heteroatoms. The van der Waals surface area contributed by atoms with Crippen molar-refractivity contribution in [3.63, 3.8) is 0 Å². The first-order valence-electron chi connectivity index (χ1n) is 8.77. The number of aryl methyl sites for hydroxylation is 1. The van der Waals surface area contributed by atoms with Crippen molar-refractivity contribution >= 4 is 54.8 Å². The van der Waals surface area contributed by atoms with E-state index in [0.717, 1.165) is 41.7 Å². The van der Waals surface area contributed by atoms with Gasteiger partial charge in [0.15, 0.2) is 0 Å². The average molecular weight is 457 g/mol. The van der Waals surface area contributed by atoms with Gasteiger partial charge in [-0.25, -0.2) is 13.1 Å². The molecule has 0 bridgehead atoms. The Labute approximate surface area is 177 Å². The third-order valence-electron chi connectivity index (χ3n) is 5.28. The van der Waals surface area contributed by atoms with Crippen LogP contribution < -0.4 is 9.60 Å². The Morgan fingerprint density at radius 1 is 1.18 bits per heavy atom. The van der Waals surface area contributed by atoms with E-state index in [2.05, 4.69) is 4.72 Å². The highest BCUT2D eigenvalue weighted by molar-refractivity contribution is 7.89. The molecule has 0 aliphatic heterocycles. The Morgan fingerprint density at radius 3 is 2.57 bits per heavy atom. The number of hydrogen-bond acceptors (Lipinski definition) is 4. The standard InChI is InChI=1S/C19H18Cl2N2O3S2/c1-23-16-6-5-14(10-17(16)27-18(23)24)28(25,26)22-19(7-2-8-19)11-12-3-4-13(20)9-15(12)21/h3-6,9-10,22H,2,7-8,11H2,1H3. The van der Waals surface area contributed by atoms with Gasteiger partial charge in [-0.15, -0.1) is 0 Å². The van der Waals surface area contributed by atoms with Gasteiger partial charge in [0.2, 0.25) is 10.0 Å². The Morgan fingerprint density at radius 2 is 1.93 bits per heavy atom. The molecule has 0 atom stereocenters. The first-order valence-corrected chi connectivity index (χ1v) is 11.8. The topological polar surface area (TPSA) is 68.2 Å². The minimum absolute atomic E-state index is 0.120. The minimum Gasteiger partial charge on any atom is -0.302 e. The molecule has 1 aromatic heterocycles. The number of aromatic nitrogens is 1. The van der Waals surface area contributed by atoms with Crippen LogP contribution in [0.15, 0.2) is 46.1 Å². The van der Waals surface area contributed by atoms with E-state index >= 15 is 0 Å². The van der Waals surface area contributed by atoms with E-state index in [1.807, 2.05) is 6.07 Å². The Kier molecular flexibility index (Phi) is 5.08. The van der Waals surface area contributed by atoms with Crippen molar-refractivity contribution in [1.82, 2.24) is 9.29 Å². The van der Waals surface area contributed by atoms with Gasteiger partial charge in [-0.05, 0) is 61.6 Å². The quantitative estimate of drug-likeness (QED) is 0.620. The molecular formula is C19H18Cl2N2O3S2. The molecule has 4 rings (SSSR count). The lowest BCUT2D eigenvalue weighted by atomic mass is 9.74. The van der Waals surface area contributed by atoms with Crippen molar-refractivity contribution in [3.8, 4) is 0 Å². The fourth-order valence-electron chi connectivity index (χ4n) is 3.57. The number of nitrogens with zero attached hydrogens (tertiary/aromatic N) is 1. The van der Waals surface area contributed by atoms with Gasteiger partial charge >= 0.3 is 4.87 Å². The number of benzene rings is 2. The molecule has 1 saturated carbocycles. The third kappa shape index (κ3) is 3.62. The maximum absolute atomic E-state index is 13.1. The predicted molar refractivity (Wildman–Crippen MR) is 114 cm³/mol. The zero-order valence-electron chi connectivity index (χ0n) is 15.0. The van der Waals surface area contributed by atoms with E-state index in [0.29, 0.717) is 21.2 Å². The lowest BCUT2D eigenvalue weighted by molar-refractivity contribution is 0.220. The zero-order valence-corrected chi connectivity index (χ0v) is 18.2. The highest BCUT2D eigenvalue weighted by Gasteiger charge is 2.41. The number of hydrogen-bond donors (Lipinski definition) is 1. The molecule has 3 aromatic rings. The molecule has 0 unspecified atom stereocenters. The Bertz CT molecular complexity index is 1230. The molecule has 5 nitrogen and oxygen atoms in total. The summed E-state index contributed by atoms with van der Waals surface area (Å²) < 4.78 is 31.2. The van der Waals surface area contributed by atoms with Gasteiger partial charge in [0.1, 0.15) is 0 Å². The van der Waals surface area contributed by atoms with Crippen LogP contribution in [0.4, 0.5) is 0 Å². The van der Waals surface area contributed by atoms with E-state index in [9.17, 15) is 13.2 Å². The van der Waals surface area contributed by atoms with Crippen LogP contribution in [0.3, 0.4) is 0 Å². The van der Waals surface area contributed by atoms with E-state index in [4.69, 9.17) is 23.2 Å². The fourth-order valence-corrected chi connectivity index (χ4v) is 6.53. The van der Waals surface area contributed by atoms with Crippen LogP contribution in [0.2, 0.25) is 10.0 Å². The molecule has 1 N–H and O–H groups in total. The number of rotatable bonds is 5. The molecule has 28 heavy (non-hydrogen) atoms. The van der Waals surface area contributed by atoms with Crippen molar-refractivity contribution in [2.75, 3.05) is 0 Å². The Balaban J connectivity index is 1.64. The van der Waals surface area contributed by atoms with Gasteiger partial charge in [-0.1, -0.05) is 40.6 Å². The first kappa shape index (κ1) is 19.9. The van der Waals surface area contributed by atoms with Gasteiger partial charge in [0.25, 0.3) is 0 Å². The molecule has 0 amide bonds. The highest BCUT2D eigenvalue weighted by Crippen LogP contribution is 2.38. The van der Waals surface area contributed by atoms with Crippen molar-refractivity contribution in [3.05, 3.63) is 61.7 Å². The second-order valence-corrected chi connectivity index (χ2v) is 10.7.